The molecule has 0 amide bonds. The van der Waals surface area contributed by atoms with Gasteiger partial charge in [0.05, 0.1) is 6.10 Å². The van der Waals surface area contributed by atoms with Gasteiger partial charge in [-0.2, -0.15) is 0 Å². The molecule has 3 heterocycles. The van der Waals surface area contributed by atoms with E-state index in [1.54, 1.807) is 12.4 Å². The predicted molar refractivity (Wildman–Crippen MR) is 75.5 cm³/mol. The van der Waals surface area contributed by atoms with Gasteiger partial charge in [-0.3, -0.25) is 4.98 Å². The van der Waals surface area contributed by atoms with Crippen molar-refractivity contribution in [2.75, 3.05) is 18.0 Å². The molecule has 1 N–H and O–H groups in total. The molecule has 0 atom stereocenters. The van der Waals surface area contributed by atoms with Crippen molar-refractivity contribution in [3.63, 3.8) is 0 Å². The number of β-amino-alcohol motifs (C(OH)–C–C–N with tert-alkyl or cyclic N) is 1. The number of pyridine rings is 1. The number of aliphatic hydroxyl groups excluding tert-OH is 1. The van der Waals surface area contributed by atoms with Gasteiger partial charge in [0.25, 0.3) is 0 Å². The summed E-state index contributed by atoms with van der Waals surface area (Å²) in [6, 6.07) is 3.87. The minimum Gasteiger partial charge on any atom is -0.389 e. The molecule has 0 spiro atoms. The summed E-state index contributed by atoms with van der Waals surface area (Å²) in [5, 5.41) is 9.52. The van der Waals surface area contributed by atoms with E-state index in [2.05, 4.69) is 9.88 Å². The molecule has 0 unspecified atom stereocenters. The van der Waals surface area contributed by atoms with E-state index in [-0.39, 0.29) is 6.10 Å². The summed E-state index contributed by atoms with van der Waals surface area (Å²) in [5.74, 6) is 1.79. The Balaban J connectivity index is 1.80. The second-order valence-corrected chi connectivity index (χ2v) is 5.44. The van der Waals surface area contributed by atoms with Crippen LogP contribution in [0.25, 0.3) is 11.4 Å². The van der Waals surface area contributed by atoms with Gasteiger partial charge in [-0.05, 0) is 31.4 Å². The lowest BCUT2D eigenvalue weighted by atomic mass is 10.1. The molecule has 1 fully saturated rings. The van der Waals surface area contributed by atoms with E-state index in [1.807, 2.05) is 12.1 Å². The molecule has 4 rings (SSSR count). The van der Waals surface area contributed by atoms with Gasteiger partial charge >= 0.3 is 0 Å². The average Bonchev–Trinajstić information content (AvgIpc) is 2.92. The zero-order valence-electron chi connectivity index (χ0n) is 11.2. The van der Waals surface area contributed by atoms with Crippen molar-refractivity contribution in [3.05, 3.63) is 35.8 Å². The Kier molecular flexibility index (Phi) is 2.67. The summed E-state index contributed by atoms with van der Waals surface area (Å²) >= 11 is 0. The van der Waals surface area contributed by atoms with Crippen molar-refractivity contribution in [2.45, 2.75) is 25.4 Å². The molecule has 102 valence electrons. The van der Waals surface area contributed by atoms with Gasteiger partial charge in [-0.15, -0.1) is 0 Å². The Hall–Kier alpha value is -2.01. The van der Waals surface area contributed by atoms with E-state index in [9.17, 15) is 5.11 Å². The molecule has 5 nitrogen and oxygen atoms in total. The molecule has 0 bridgehead atoms. The maximum atomic E-state index is 9.52. The van der Waals surface area contributed by atoms with Gasteiger partial charge in [-0.1, -0.05) is 0 Å². The molecule has 2 aromatic rings. The van der Waals surface area contributed by atoms with Gasteiger partial charge < -0.3 is 10.0 Å². The van der Waals surface area contributed by atoms with Crippen LogP contribution in [0.3, 0.4) is 0 Å². The first-order chi connectivity index (χ1) is 9.81. The highest BCUT2D eigenvalue weighted by atomic mass is 16.3. The fourth-order valence-corrected chi connectivity index (χ4v) is 2.93. The van der Waals surface area contributed by atoms with Crippen molar-refractivity contribution >= 4 is 5.82 Å². The second-order valence-electron chi connectivity index (χ2n) is 5.44. The first-order valence-corrected chi connectivity index (χ1v) is 7.04. The zero-order valence-corrected chi connectivity index (χ0v) is 11.2. The summed E-state index contributed by atoms with van der Waals surface area (Å²) < 4.78 is 0. The summed E-state index contributed by atoms with van der Waals surface area (Å²) in [6.07, 6.45) is 6.53. The van der Waals surface area contributed by atoms with Crippen LogP contribution in [0.2, 0.25) is 0 Å². The molecule has 0 aromatic carbocycles. The monoisotopic (exact) mass is 268 g/mol. The molecule has 20 heavy (non-hydrogen) atoms. The highest BCUT2D eigenvalue weighted by Crippen LogP contribution is 2.33. The molecule has 0 radical (unpaired) electrons. The third-order valence-corrected chi connectivity index (χ3v) is 4.01. The fraction of sp³-hybridized carbons (Fsp3) is 0.400. The number of fused-ring (bicyclic) bond motifs is 1. The van der Waals surface area contributed by atoms with Crippen molar-refractivity contribution in [1.82, 2.24) is 15.0 Å². The Labute approximate surface area is 117 Å². The van der Waals surface area contributed by atoms with Gasteiger partial charge in [0.1, 0.15) is 5.82 Å². The molecule has 1 saturated heterocycles. The predicted octanol–water partition coefficient (Wildman–Crippen LogP) is 1.21. The number of aliphatic hydroxyl groups is 1. The van der Waals surface area contributed by atoms with Gasteiger partial charge in [-0.25, -0.2) is 9.97 Å². The van der Waals surface area contributed by atoms with E-state index in [1.165, 1.54) is 11.3 Å². The van der Waals surface area contributed by atoms with Gasteiger partial charge in [0.2, 0.25) is 0 Å². The van der Waals surface area contributed by atoms with E-state index < -0.39 is 0 Å². The molecular formula is C15H16N4O. The third-order valence-electron chi connectivity index (χ3n) is 4.01. The first-order valence-electron chi connectivity index (χ1n) is 7.04. The Morgan fingerprint density at radius 1 is 1.10 bits per heavy atom. The normalized spacial score (nSPS) is 17.9. The topological polar surface area (TPSA) is 62.1 Å². The molecule has 1 aliphatic carbocycles. The van der Waals surface area contributed by atoms with E-state index in [0.29, 0.717) is 13.1 Å². The molecular weight excluding hydrogens is 252 g/mol. The standard InChI is InChI=1S/C15H16N4O/c20-11-8-19(9-11)15-12-2-1-3-13(12)17-14(18-15)10-4-6-16-7-5-10/h4-7,11,20H,1-3,8-9H2. The zero-order chi connectivity index (χ0) is 13.5. The quantitative estimate of drug-likeness (QED) is 0.887. The fourth-order valence-electron chi connectivity index (χ4n) is 2.93. The van der Waals surface area contributed by atoms with Crippen LogP contribution in [0.1, 0.15) is 17.7 Å². The maximum absolute atomic E-state index is 9.52. The number of anilines is 1. The number of aryl methyl sites for hydroxylation is 1. The van der Waals surface area contributed by atoms with E-state index in [4.69, 9.17) is 9.97 Å². The first kappa shape index (κ1) is 11.8. The minimum atomic E-state index is -0.216. The van der Waals surface area contributed by atoms with Crippen molar-refractivity contribution in [3.8, 4) is 11.4 Å². The maximum Gasteiger partial charge on any atom is 0.161 e. The van der Waals surface area contributed by atoms with Crippen LogP contribution in [0.15, 0.2) is 24.5 Å². The largest absolute Gasteiger partial charge is 0.389 e. The molecule has 1 aliphatic heterocycles. The second kappa shape index (κ2) is 4.52. The summed E-state index contributed by atoms with van der Waals surface area (Å²) in [4.78, 5) is 15.7. The van der Waals surface area contributed by atoms with Crippen LogP contribution < -0.4 is 4.90 Å². The number of nitrogens with zero attached hydrogens (tertiary/aromatic N) is 4. The Morgan fingerprint density at radius 2 is 1.90 bits per heavy atom. The summed E-state index contributed by atoms with van der Waals surface area (Å²) in [6.45, 7) is 1.36. The van der Waals surface area contributed by atoms with Crippen LogP contribution in [-0.4, -0.2) is 39.3 Å². The van der Waals surface area contributed by atoms with Gasteiger partial charge in [0, 0.05) is 42.3 Å². The highest BCUT2D eigenvalue weighted by molar-refractivity contribution is 5.61. The van der Waals surface area contributed by atoms with Crippen LogP contribution in [0, 0.1) is 0 Å². The van der Waals surface area contributed by atoms with Crippen LogP contribution in [-0.2, 0) is 12.8 Å². The lowest BCUT2D eigenvalue weighted by Gasteiger charge is -2.38. The molecule has 5 heteroatoms. The van der Waals surface area contributed by atoms with E-state index >= 15 is 0 Å². The highest BCUT2D eigenvalue weighted by Gasteiger charge is 2.30. The van der Waals surface area contributed by atoms with Gasteiger partial charge in [0.15, 0.2) is 5.82 Å². The minimum absolute atomic E-state index is 0.216. The molecule has 2 aliphatic rings. The third kappa shape index (κ3) is 1.86. The lowest BCUT2D eigenvalue weighted by molar-refractivity contribution is 0.141. The number of hydrogen-bond acceptors (Lipinski definition) is 5. The summed E-state index contributed by atoms with van der Waals surface area (Å²) in [7, 11) is 0. The van der Waals surface area contributed by atoms with Crippen molar-refractivity contribution in [2.24, 2.45) is 0 Å². The SMILES string of the molecule is OC1CN(c2nc(-c3ccncc3)nc3c2CCC3)C1. The lowest BCUT2D eigenvalue weighted by Crippen LogP contribution is -2.51. The smallest absolute Gasteiger partial charge is 0.161 e. The van der Waals surface area contributed by atoms with Crippen LogP contribution in [0.4, 0.5) is 5.82 Å². The van der Waals surface area contributed by atoms with E-state index in [0.717, 1.165) is 36.5 Å². The summed E-state index contributed by atoms with van der Waals surface area (Å²) in [5.41, 5.74) is 3.44. The average molecular weight is 268 g/mol. The number of hydrogen-bond donors (Lipinski definition) is 1. The van der Waals surface area contributed by atoms with Crippen LogP contribution >= 0.6 is 0 Å². The Morgan fingerprint density at radius 3 is 2.65 bits per heavy atom. The molecule has 2 aromatic heterocycles. The number of rotatable bonds is 2. The van der Waals surface area contributed by atoms with Crippen molar-refractivity contribution in [1.29, 1.82) is 0 Å². The Bertz CT molecular complexity index is 638. The van der Waals surface area contributed by atoms with Crippen LogP contribution in [0.5, 0.6) is 0 Å². The number of aromatic nitrogens is 3. The molecule has 0 saturated carbocycles. The van der Waals surface area contributed by atoms with Crippen molar-refractivity contribution < 1.29 is 5.11 Å².